The van der Waals surface area contributed by atoms with E-state index < -0.39 is 0 Å². The average molecular weight is 267 g/mol. The first-order valence-corrected chi connectivity index (χ1v) is 5.82. The Balaban J connectivity index is 3.34. The van der Waals surface area contributed by atoms with Gasteiger partial charge in [-0.1, -0.05) is 13.8 Å². The van der Waals surface area contributed by atoms with E-state index in [1.807, 2.05) is 13.8 Å². The number of nitriles is 1. The molecule has 0 N–H and O–H groups in total. The smallest absolute Gasteiger partial charge is 0.124 e. The normalized spacial score (nSPS) is 10.5. The highest BCUT2D eigenvalue weighted by Gasteiger charge is 2.13. The number of aromatic nitrogens is 1. The number of nitrogens with zero attached hydrogens (tertiary/aromatic N) is 2. The van der Waals surface area contributed by atoms with Crippen molar-refractivity contribution in [1.29, 1.82) is 5.26 Å². The van der Waals surface area contributed by atoms with Crippen LogP contribution >= 0.6 is 15.9 Å². The lowest BCUT2D eigenvalue weighted by molar-refractivity contribution is 0.639. The van der Waals surface area contributed by atoms with Gasteiger partial charge < -0.3 is 0 Å². The molecule has 0 aliphatic carbocycles. The molecule has 1 aromatic heterocycles. The fourth-order valence-electron chi connectivity index (χ4n) is 1.69. The summed E-state index contributed by atoms with van der Waals surface area (Å²) in [5.74, 6) is 0.580. The van der Waals surface area contributed by atoms with Crippen LogP contribution in [0.5, 0.6) is 0 Å². The molecule has 0 aromatic carbocycles. The van der Waals surface area contributed by atoms with Gasteiger partial charge in [0.1, 0.15) is 10.7 Å². The summed E-state index contributed by atoms with van der Waals surface area (Å²) in [4.78, 5) is 4.35. The van der Waals surface area contributed by atoms with Crippen LogP contribution in [0.4, 0.5) is 0 Å². The van der Waals surface area contributed by atoms with Crippen molar-refractivity contribution in [3.05, 3.63) is 27.0 Å². The number of halogens is 1. The van der Waals surface area contributed by atoms with Gasteiger partial charge in [-0.15, -0.1) is 0 Å². The molecule has 3 heteroatoms. The number of aryl methyl sites for hydroxylation is 1. The van der Waals surface area contributed by atoms with Crippen LogP contribution in [-0.4, -0.2) is 4.98 Å². The molecule has 80 valence electrons. The van der Waals surface area contributed by atoms with Crippen LogP contribution in [0.25, 0.3) is 0 Å². The fourth-order valence-corrected chi connectivity index (χ4v) is 2.34. The lowest BCUT2D eigenvalue weighted by Gasteiger charge is -2.13. The van der Waals surface area contributed by atoms with E-state index in [2.05, 4.69) is 40.8 Å². The maximum absolute atomic E-state index is 9.03. The first-order valence-electron chi connectivity index (χ1n) is 5.03. The molecule has 0 amide bonds. The monoisotopic (exact) mass is 266 g/mol. The van der Waals surface area contributed by atoms with Gasteiger partial charge in [0.05, 0.1) is 5.56 Å². The minimum Gasteiger partial charge on any atom is -0.245 e. The highest BCUT2D eigenvalue weighted by atomic mass is 79.9. The number of hydrogen-bond acceptors (Lipinski definition) is 2. The maximum Gasteiger partial charge on any atom is 0.124 e. The van der Waals surface area contributed by atoms with Crippen molar-refractivity contribution in [2.24, 2.45) is 5.92 Å². The van der Waals surface area contributed by atoms with E-state index in [4.69, 9.17) is 5.26 Å². The van der Waals surface area contributed by atoms with Crippen molar-refractivity contribution in [3.63, 3.8) is 0 Å². The molecule has 0 saturated heterocycles. The molecule has 0 spiro atoms. The van der Waals surface area contributed by atoms with E-state index in [0.717, 1.165) is 17.7 Å². The maximum atomic E-state index is 9.03. The third-order valence-electron chi connectivity index (χ3n) is 2.46. The Morgan fingerprint density at radius 2 is 2.00 bits per heavy atom. The van der Waals surface area contributed by atoms with Crippen molar-refractivity contribution in [1.82, 2.24) is 4.98 Å². The zero-order valence-electron chi connectivity index (χ0n) is 9.56. The molecule has 0 atom stereocenters. The zero-order valence-corrected chi connectivity index (χ0v) is 11.1. The molecular formula is C12H15BrN2. The standard InChI is InChI=1S/C12H15BrN2/c1-7(2)5-10-8(3)11(6-14)12(13)15-9(10)4/h7H,5H2,1-4H3. The Morgan fingerprint density at radius 1 is 1.40 bits per heavy atom. The number of hydrogen-bond donors (Lipinski definition) is 0. The first kappa shape index (κ1) is 12.2. The van der Waals surface area contributed by atoms with Gasteiger partial charge in [0.25, 0.3) is 0 Å². The second kappa shape index (κ2) is 4.76. The molecule has 1 rings (SSSR count). The summed E-state index contributed by atoms with van der Waals surface area (Å²) < 4.78 is 0.660. The molecule has 2 nitrogen and oxygen atoms in total. The van der Waals surface area contributed by atoms with Crippen LogP contribution in [0.3, 0.4) is 0 Å². The van der Waals surface area contributed by atoms with Gasteiger partial charge in [-0.05, 0) is 53.2 Å². The van der Waals surface area contributed by atoms with E-state index in [1.54, 1.807) is 0 Å². The van der Waals surface area contributed by atoms with Crippen molar-refractivity contribution < 1.29 is 0 Å². The van der Waals surface area contributed by atoms with Gasteiger partial charge in [0.15, 0.2) is 0 Å². The van der Waals surface area contributed by atoms with E-state index in [-0.39, 0.29) is 0 Å². The molecule has 15 heavy (non-hydrogen) atoms. The zero-order chi connectivity index (χ0) is 11.6. The van der Waals surface area contributed by atoms with Crippen molar-refractivity contribution in [3.8, 4) is 6.07 Å². The number of pyridine rings is 1. The summed E-state index contributed by atoms with van der Waals surface area (Å²) in [6.07, 6.45) is 0.979. The lowest BCUT2D eigenvalue weighted by atomic mass is 9.95. The van der Waals surface area contributed by atoms with E-state index in [1.165, 1.54) is 5.56 Å². The van der Waals surface area contributed by atoms with Crippen LogP contribution in [0.15, 0.2) is 4.60 Å². The van der Waals surface area contributed by atoms with Crippen molar-refractivity contribution in [2.75, 3.05) is 0 Å². The van der Waals surface area contributed by atoms with Crippen molar-refractivity contribution >= 4 is 15.9 Å². The largest absolute Gasteiger partial charge is 0.245 e. The minimum atomic E-state index is 0.580. The summed E-state index contributed by atoms with van der Waals surface area (Å²) in [7, 11) is 0. The molecule has 1 aromatic rings. The second-order valence-corrected chi connectivity index (χ2v) is 4.93. The predicted octanol–water partition coefficient (Wildman–Crippen LogP) is 3.53. The summed E-state index contributed by atoms with van der Waals surface area (Å²) >= 11 is 3.32. The van der Waals surface area contributed by atoms with Crippen molar-refractivity contribution in [2.45, 2.75) is 34.1 Å². The Hall–Kier alpha value is -0.880. The Bertz CT molecular complexity index is 417. The molecule has 0 fully saturated rings. The molecule has 0 aliphatic heterocycles. The summed E-state index contributed by atoms with van der Waals surface area (Å²) in [5, 5.41) is 9.03. The minimum absolute atomic E-state index is 0.580. The third kappa shape index (κ3) is 2.57. The molecule has 0 aliphatic rings. The molecule has 0 saturated carbocycles. The molecule has 1 heterocycles. The fraction of sp³-hybridized carbons (Fsp3) is 0.500. The average Bonchev–Trinajstić information content (AvgIpc) is 2.12. The highest BCUT2D eigenvalue weighted by molar-refractivity contribution is 9.10. The number of rotatable bonds is 2. The highest BCUT2D eigenvalue weighted by Crippen LogP contribution is 2.24. The predicted molar refractivity (Wildman–Crippen MR) is 64.7 cm³/mol. The van der Waals surface area contributed by atoms with Gasteiger partial charge >= 0.3 is 0 Å². The quantitative estimate of drug-likeness (QED) is 0.768. The SMILES string of the molecule is Cc1nc(Br)c(C#N)c(C)c1CC(C)C. The lowest BCUT2D eigenvalue weighted by Crippen LogP contribution is -2.05. The Kier molecular flexibility index (Phi) is 3.87. The van der Waals surface area contributed by atoms with E-state index >= 15 is 0 Å². The van der Waals surface area contributed by atoms with Crippen LogP contribution in [0.1, 0.15) is 36.2 Å². The van der Waals surface area contributed by atoms with Gasteiger partial charge in [0.2, 0.25) is 0 Å². The second-order valence-electron chi connectivity index (χ2n) is 4.18. The molecule has 0 radical (unpaired) electrons. The molecule has 0 bridgehead atoms. The van der Waals surface area contributed by atoms with Crippen LogP contribution in [0.2, 0.25) is 0 Å². The van der Waals surface area contributed by atoms with E-state index in [0.29, 0.717) is 16.1 Å². The van der Waals surface area contributed by atoms with Crippen LogP contribution in [-0.2, 0) is 6.42 Å². The third-order valence-corrected chi connectivity index (χ3v) is 3.03. The molecule has 0 unspecified atom stereocenters. The van der Waals surface area contributed by atoms with Gasteiger partial charge in [0, 0.05) is 5.69 Å². The summed E-state index contributed by atoms with van der Waals surface area (Å²) in [6, 6.07) is 2.20. The van der Waals surface area contributed by atoms with E-state index in [9.17, 15) is 0 Å². The van der Waals surface area contributed by atoms with Crippen LogP contribution < -0.4 is 0 Å². The summed E-state index contributed by atoms with van der Waals surface area (Å²) in [6.45, 7) is 8.34. The molecular weight excluding hydrogens is 252 g/mol. The van der Waals surface area contributed by atoms with Gasteiger partial charge in [-0.2, -0.15) is 5.26 Å². The Labute approximate surface area is 99.5 Å². The first-order chi connectivity index (χ1) is 6.97. The topological polar surface area (TPSA) is 36.7 Å². The Morgan fingerprint density at radius 3 is 2.47 bits per heavy atom. The van der Waals surface area contributed by atoms with Crippen LogP contribution in [0, 0.1) is 31.1 Å². The van der Waals surface area contributed by atoms with Gasteiger partial charge in [-0.3, -0.25) is 0 Å². The van der Waals surface area contributed by atoms with Gasteiger partial charge in [-0.25, -0.2) is 4.98 Å². The summed E-state index contributed by atoms with van der Waals surface area (Å²) in [5.41, 5.74) is 3.96.